The number of carbonyl (C=O) groups excluding carboxylic acids is 3. The number of nitrogens with zero attached hydrogens (tertiary/aromatic N) is 4. The van der Waals surface area contributed by atoms with Crippen LogP contribution in [0.4, 0.5) is 0 Å². The Labute approximate surface area is 165 Å². The molecule has 1 saturated carbocycles. The van der Waals surface area contributed by atoms with Gasteiger partial charge >= 0.3 is 0 Å². The molecule has 8 nitrogen and oxygen atoms in total. The molecule has 28 heavy (non-hydrogen) atoms. The molecule has 2 atom stereocenters. The van der Waals surface area contributed by atoms with Crippen LogP contribution in [0.15, 0.2) is 0 Å². The van der Waals surface area contributed by atoms with E-state index in [-0.39, 0.29) is 23.8 Å². The first-order chi connectivity index (χ1) is 13.5. The number of amides is 3. The maximum atomic E-state index is 13.4. The summed E-state index contributed by atoms with van der Waals surface area (Å²) in [4.78, 5) is 45.8. The van der Waals surface area contributed by atoms with Crippen LogP contribution in [-0.2, 0) is 14.4 Å². The highest BCUT2D eigenvalue weighted by Gasteiger charge is 2.64. The molecule has 154 valence electrons. The number of fused-ring (bicyclic) bond motifs is 2. The van der Waals surface area contributed by atoms with Crippen molar-refractivity contribution in [3.05, 3.63) is 0 Å². The first kappa shape index (κ1) is 18.5. The minimum absolute atomic E-state index is 0.0948. The van der Waals surface area contributed by atoms with Gasteiger partial charge in [-0.2, -0.15) is 0 Å². The van der Waals surface area contributed by atoms with Crippen molar-refractivity contribution in [3.63, 3.8) is 0 Å². The van der Waals surface area contributed by atoms with Crippen molar-refractivity contribution in [2.45, 2.75) is 56.2 Å². The zero-order chi connectivity index (χ0) is 19.5. The molecular formula is C20H30N4O4. The number of rotatable bonds is 6. The number of hydrogen-bond acceptors (Lipinski definition) is 6. The lowest BCUT2D eigenvalue weighted by molar-refractivity contribution is -0.180. The lowest BCUT2D eigenvalue weighted by Gasteiger charge is -2.58. The van der Waals surface area contributed by atoms with Crippen LogP contribution in [0.5, 0.6) is 0 Å². The van der Waals surface area contributed by atoms with Crippen molar-refractivity contribution in [3.8, 4) is 0 Å². The van der Waals surface area contributed by atoms with Gasteiger partial charge in [0.15, 0.2) is 0 Å². The van der Waals surface area contributed by atoms with Crippen LogP contribution >= 0.6 is 0 Å². The first-order valence-corrected chi connectivity index (χ1v) is 10.8. The van der Waals surface area contributed by atoms with Crippen LogP contribution in [0.3, 0.4) is 0 Å². The van der Waals surface area contributed by atoms with Gasteiger partial charge in [0.1, 0.15) is 5.54 Å². The van der Waals surface area contributed by atoms with Gasteiger partial charge in [-0.1, -0.05) is 0 Å². The van der Waals surface area contributed by atoms with Crippen molar-refractivity contribution in [1.82, 2.24) is 19.6 Å². The molecule has 0 aromatic carbocycles. The average Bonchev–Trinajstić information content (AvgIpc) is 3.23. The normalized spacial score (nSPS) is 33.1. The Kier molecular flexibility index (Phi) is 4.48. The van der Waals surface area contributed by atoms with Crippen molar-refractivity contribution >= 4 is 17.7 Å². The first-order valence-electron chi connectivity index (χ1n) is 10.8. The summed E-state index contributed by atoms with van der Waals surface area (Å²) in [7, 11) is 0. The van der Waals surface area contributed by atoms with Crippen molar-refractivity contribution in [2.24, 2.45) is 5.92 Å². The molecule has 1 N–H and O–H groups in total. The monoisotopic (exact) mass is 390 g/mol. The minimum Gasteiger partial charge on any atom is -0.392 e. The third kappa shape index (κ3) is 2.97. The van der Waals surface area contributed by atoms with E-state index >= 15 is 0 Å². The van der Waals surface area contributed by atoms with Crippen LogP contribution in [0, 0.1) is 5.92 Å². The number of aliphatic hydroxyl groups is 1. The van der Waals surface area contributed by atoms with Crippen LogP contribution in [0.25, 0.3) is 0 Å². The number of carbonyl (C=O) groups is 3. The fourth-order valence-electron chi connectivity index (χ4n) is 5.55. The van der Waals surface area contributed by atoms with Crippen LogP contribution in [0.2, 0.25) is 0 Å². The molecule has 5 aliphatic rings. The fraction of sp³-hybridized carbons (Fsp3) is 0.850. The highest BCUT2D eigenvalue weighted by molar-refractivity contribution is 6.06. The number of hydrogen-bond donors (Lipinski definition) is 1. The van der Waals surface area contributed by atoms with Crippen LogP contribution < -0.4 is 0 Å². The Bertz CT molecular complexity index is 688. The molecule has 0 aromatic rings. The van der Waals surface area contributed by atoms with E-state index in [1.54, 1.807) is 0 Å². The summed E-state index contributed by atoms with van der Waals surface area (Å²) in [5.41, 5.74) is -0.644. The summed E-state index contributed by atoms with van der Waals surface area (Å²) in [6.07, 6.45) is 4.56. The Balaban J connectivity index is 1.28. The summed E-state index contributed by atoms with van der Waals surface area (Å²) in [6, 6.07) is -0.385. The van der Waals surface area contributed by atoms with E-state index in [0.717, 1.165) is 25.4 Å². The summed E-state index contributed by atoms with van der Waals surface area (Å²) in [5, 5.41) is 10.2. The molecule has 5 rings (SSSR count). The second-order valence-corrected chi connectivity index (χ2v) is 9.34. The quantitative estimate of drug-likeness (QED) is 0.602. The van der Waals surface area contributed by atoms with Crippen LogP contribution in [-0.4, -0.2) is 106 Å². The Hall–Kier alpha value is -1.51. The average molecular weight is 390 g/mol. The van der Waals surface area contributed by atoms with E-state index in [1.807, 2.05) is 9.80 Å². The second-order valence-electron chi connectivity index (χ2n) is 9.34. The van der Waals surface area contributed by atoms with E-state index in [9.17, 15) is 19.5 Å². The SMILES string of the molecule is O=C1CCCN1CCCN1C(=O)[C@@H]2C[C@@H](O)CN2C2(CN(CC3CC3)C2)C1=O. The van der Waals surface area contributed by atoms with Gasteiger partial charge in [0.25, 0.3) is 5.91 Å². The van der Waals surface area contributed by atoms with Gasteiger partial charge in [-0.3, -0.25) is 29.1 Å². The van der Waals surface area contributed by atoms with Gasteiger partial charge < -0.3 is 10.0 Å². The van der Waals surface area contributed by atoms with E-state index in [4.69, 9.17) is 0 Å². The molecule has 0 unspecified atom stereocenters. The van der Waals surface area contributed by atoms with E-state index in [1.165, 1.54) is 17.7 Å². The van der Waals surface area contributed by atoms with Gasteiger partial charge in [0.2, 0.25) is 11.8 Å². The third-order valence-corrected chi connectivity index (χ3v) is 7.19. The lowest BCUT2D eigenvalue weighted by Crippen LogP contribution is -2.81. The standard InChI is InChI=1S/C20H30N4O4/c25-15-9-16-18(27)23(8-2-7-22-6-1-3-17(22)26)19(28)20(24(16)11-15)12-21(13-20)10-14-4-5-14/h14-16,25H,1-13H2/t15-,16+/m1/s1. The maximum absolute atomic E-state index is 13.4. The maximum Gasteiger partial charge on any atom is 0.252 e. The molecule has 0 bridgehead atoms. The summed E-state index contributed by atoms with van der Waals surface area (Å²) in [5.74, 6) is 0.683. The molecule has 4 heterocycles. The van der Waals surface area contributed by atoms with Crippen molar-refractivity contribution < 1.29 is 19.5 Å². The molecular weight excluding hydrogens is 360 g/mol. The predicted molar refractivity (Wildman–Crippen MR) is 100 cm³/mol. The summed E-state index contributed by atoms with van der Waals surface area (Å²) < 4.78 is 0. The number of aliphatic hydroxyl groups excluding tert-OH is 1. The summed E-state index contributed by atoms with van der Waals surface area (Å²) >= 11 is 0. The smallest absolute Gasteiger partial charge is 0.252 e. The Morgan fingerprint density at radius 3 is 2.57 bits per heavy atom. The zero-order valence-electron chi connectivity index (χ0n) is 16.4. The third-order valence-electron chi connectivity index (χ3n) is 7.19. The number of β-amino-alcohol motifs (C(OH)–C–C–N with tert-alkyl or cyclic N) is 1. The van der Waals surface area contributed by atoms with Crippen molar-refractivity contribution in [1.29, 1.82) is 0 Å². The molecule has 4 saturated heterocycles. The van der Waals surface area contributed by atoms with Crippen molar-refractivity contribution in [2.75, 3.05) is 45.8 Å². The molecule has 3 amide bonds. The Morgan fingerprint density at radius 1 is 1.11 bits per heavy atom. The largest absolute Gasteiger partial charge is 0.392 e. The topological polar surface area (TPSA) is 84.4 Å². The molecule has 4 aliphatic heterocycles. The molecule has 0 radical (unpaired) electrons. The number of piperazine rings is 1. The fourth-order valence-corrected chi connectivity index (χ4v) is 5.55. The predicted octanol–water partition coefficient (Wildman–Crippen LogP) is -0.733. The van der Waals surface area contributed by atoms with Gasteiger partial charge in [-0.05, 0) is 38.0 Å². The highest BCUT2D eigenvalue weighted by Crippen LogP contribution is 2.42. The van der Waals surface area contributed by atoms with Gasteiger partial charge in [-0.15, -0.1) is 0 Å². The van der Waals surface area contributed by atoms with E-state index in [0.29, 0.717) is 52.0 Å². The lowest BCUT2D eigenvalue weighted by atomic mass is 9.82. The van der Waals surface area contributed by atoms with Gasteiger partial charge in [0.05, 0.1) is 12.1 Å². The molecule has 8 heteroatoms. The molecule has 1 spiro atoms. The number of likely N-dealkylation sites (tertiary alicyclic amines) is 2. The highest BCUT2D eigenvalue weighted by atomic mass is 16.3. The van der Waals surface area contributed by atoms with Crippen LogP contribution in [0.1, 0.15) is 38.5 Å². The second kappa shape index (κ2) is 6.78. The number of imide groups is 1. The zero-order valence-corrected chi connectivity index (χ0v) is 16.4. The Morgan fingerprint density at radius 2 is 1.89 bits per heavy atom. The van der Waals surface area contributed by atoms with Gasteiger partial charge in [-0.25, -0.2) is 0 Å². The molecule has 0 aromatic heterocycles. The van der Waals surface area contributed by atoms with E-state index < -0.39 is 11.6 Å². The van der Waals surface area contributed by atoms with E-state index in [2.05, 4.69) is 4.90 Å². The molecule has 1 aliphatic carbocycles. The summed E-state index contributed by atoms with van der Waals surface area (Å²) in [6.45, 7) is 4.54. The van der Waals surface area contributed by atoms with Gasteiger partial charge in [0, 0.05) is 52.2 Å². The molecule has 5 fully saturated rings. The minimum atomic E-state index is -0.644.